The van der Waals surface area contributed by atoms with Gasteiger partial charge in [0.05, 0.1) is 25.3 Å². The van der Waals surface area contributed by atoms with E-state index >= 15 is 0 Å². The van der Waals surface area contributed by atoms with Gasteiger partial charge in [-0.1, -0.05) is 17.7 Å². The summed E-state index contributed by atoms with van der Waals surface area (Å²) in [4.78, 5) is 25.1. The van der Waals surface area contributed by atoms with Gasteiger partial charge in [-0.05, 0) is 49.4 Å². The molecule has 0 amide bonds. The molecule has 1 aromatic heterocycles. The van der Waals surface area contributed by atoms with E-state index < -0.39 is 11.6 Å². The Bertz CT molecular complexity index is 1340. The van der Waals surface area contributed by atoms with E-state index in [1.165, 1.54) is 13.2 Å². The summed E-state index contributed by atoms with van der Waals surface area (Å²) in [7, 11) is 3.08. The minimum absolute atomic E-state index is 0.289. The van der Waals surface area contributed by atoms with E-state index in [2.05, 4.69) is 0 Å². The summed E-state index contributed by atoms with van der Waals surface area (Å²) in [5.41, 5.74) is 2.14. The molecule has 0 spiro atoms. The van der Waals surface area contributed by atoms with Crippen LogP contribution >= 0.6 is 0 Å². The number of carbonyl (C=O) groups excluding carboxylic acids is 1. The van der Waals surface area contributed by atoms with Crippen molar-refractivity contribution in [2.24, 2.45) is 0 Å². The average molecular weight is 416 g/mol. The zero-order valence-corrected chi connectivity index (χ0v) is 17.3. The molecule has 0 aliphatic rings. The molecule has 6 nitrogen and oxygen atoms in total. The molecule has 4 aromatic rings. The number of esters is 1. The zero-order chi connectivity index (χ0) is 22.0. The van der Waals surface area contributed by atoms with Gasteiger partial charge in [0.15, 0.2) is 0 Å². The van der Waals surface area contributed by atoms with Crippen molar-refractivity contribution in [1.82, 2.24) is 0 Å². The molecule has 0 radical (unpaired) electrons. The van der Waals surface area contributed by atoms with Gasteiger partial charge in [-0.2, -0.15) is 0 Å². The lowest BCUT2D eigenvalue weighted by molar-refractivity contribution is 0.0735. The molecule has 0 atom stereocenters. The van der Waals surface area contributed by atoms with Crippen molar-refractivity contribution in [1.29, 1.82) is 0 Å². The van der Waals surface area contributed by atoms with Crippen molar-refractivity contribution >= 4 is 16.9 Å². The number of fused-ring (bicyclic) bond motifs is 1. The van der Waals surface area contributed by atoms with Gasteiger partial charge in [0.1, 0.15) is 22.8 Å². The molecular formula is C25H20O6. The van der Waals surface area contributed by atoms with Gasteiger partial charge in [0, 0.05) is 23.1 Å². The number of carbonyl (C=O) groups is 1. The van der Waals surface area contributed by atoms with Gasteiger partial charge >= 0.3 is 11.6 Å². The summed E-state index contributed by atoms with van der Waals surface area (Å²) < 4.78 is 21.6. The zero-order valence-electron chi connectivity index (χ0n) is 17.3. The number of aryl methyl sites for hydroxylation is 1. The van der Waals surface area contributed by atoms with Crippen molar-refractivity contribution < 1.29 is 23.4 Å². The summed E-state index contributed by atoms with van der Waals surface area (Å²) in [5.74, 6) is 0.919. The third-order valence-electron chi connectivity index (χ3n) is 4.87. The molecule has 6 heteroatoms. The summed E-state index contributed by atoms with van der Waals surface area (Å²) in [6.45, 7) is 1.90. The molecule has 0 saturated heterocycles. The first kappa shape index (κ1) is 20.2. The van der Waals surface area contributed by atoms with Crippen LogP contribution in [0.2, 0.25) is 0 Å². The van der Waals surface area contributed by atoms with Crippen LogP contribution in [0.3, 0.4) is 0 Å². The van der Waals surface area contributed by atoms with Crippen LogP contribution < -0.4 is 19.8 Å². The highest BCUT2D eigenvalue weighted by Gasteiger charge is 2.15. The first-order valence-electron chi connectivity index (χ1n) is 9.57. The van der Waals surface area contributed by atoms with Crippen LogP contribution in [0.25, 0.3) is 22.1 Å². The van der Waals surface area contributed by atoms with Crippen molar-refractivity contribution in [3.05, 3.63) is 88.3 Å². The van der Waals surface area contributed by atoms with E-state index in [1.807, 2.05) is 13.0 Å². The minimum Gasteiger partial charge on any atom is -0.497 e. The Balaban J connectivity index is 1.69. The highest BCUT2D eigenvalue weighted by atomic mass is 16.5. The largest absolute Gasteiger partial charge is 0.497 e. The SMILES string of the molecule is COc1ccc(-c2cc3ccc(OC(=O)c4cccc(C)c4)cc3oc2=O)c(OC)c1. The Labute approximate surface area is 178 Å². The smallest absolute Gasteiger partial charge is 0.344 e. The van der Waals surface area contributed by atoms with E-state index in [0.717, 1.165) is 5.56 Å². The van der Waals surface area contributed by atoms with Crippen LogP contribution in [-0.2, 0) is 0 Å². The fraction of sp³-hybridized carbons (Fsp3) is 0.120. The topological polar surface area (TPSA) is 75.0 Å². The van der Waals surface area contributed by atoms with Crippen molar-refractivity contribution in [3.8, 4) is 28.4 Å². The lowest BCUT2D eigenvalue weighted by Gasteiger charge is -2.10. The summed E-state index contributed by atoms with van der Waals surface area (Å²) in [6.07, 6.45) is 0. The fourth-order valence-corrected chi connectivity index (χ4v) is 3.30. The average Bonchev–Trinajstić information content (AvgIpc) is 2.78. The molecule has 31 heavy (non-hydrogen) atoms. The molecule has 3 aromatic carbocycles. The van der Waals surface area contributed by atoms with Crippen LogP contribution in [0.15, 0.2) is 75.9 Å². The lowest BCUT2D eigenvalue weighted by atomic mass is 10.0. The maximum Gasteiger partial charge on any atom is 0.344 e. The van der Waals surface area contributed by atoms with Gasteiger partial charge in [-0.3, -0.25) is 0 Å². The number of hydrogen-bond acceptors (Lipinski definition) is 6. The maximum atomic E-state index is 12.7. The molecule has 1 heterocycles. The highest BCUT2D eigenvalue weighted by molar-refractivity contribution is 5.92. The Hall–Kier alpha value is -4.06. The number of hydrogen-bond donors (Lipinski definition) is 0. The third-order valence-corrected chi connectivity index (χ3v) is 4.87. The fourth-order valence-electron chi connectivity index (χ4n) is 3.30. The molecule has 0 bridgehead atoms. The number of ether oxygens (including phenoxy) is 3. The van der Waals surface area contributed by atoms with E-state index in [-0.39, 0.29) is 5.75 Å². The molecular weight excluding hydrogens is 396 g/mol. The molecule has 0 fully saturated rings. The minimum atomic E-state index is -0.530. The predicted octanol–water partition coefficient (Wildman–Crippen LogP) is 5.00. The highest BCUT2D eigenvalue weighted by Crippen LogP contribution is 2.33. The van der Waals surface area contributed by atoms with E-state index in [1.54, 1.807) is 61.7 Å². The maximum absolute atomic E-state index is 12.7. The standard InChI is InChI=1S/C25H20O6/c1-15-5-4-6-17(11-15)24(26)30-19-8-7-16-12-21(25(27)31-22(16)14-19)20-10-9-18(28-2)13-23(20)29-3/h4-14H,1-3H3. The van der Waals surface area contributed by atoms with E-state index in [9.17, 15) is 9.59 Å². The normalized spacial score (nSPS) is 10.7. The van der Waals surface area contributed by atoms with Gasteiger partial charge in [0.25, 0.3) is 0 Å². The Morgan fingerprint density at radius 1 is 0.839 bits per heavy atom. The lowest BCUT2D eigenvalue weighted by Crippen LogP contribution is -2.09. The summed E-state index contributed by atoms with van der Waals surface area (Å²) >= 11 is 0. The molecule has 0 N–H and O–H groups in total. The summed E-state index contributed by atoms with van der Waals surface area (Å²) in [5, 5.41) is 0.683. The molecule has 0 unspecified atom stereocenters. The van der Waals surface area contributed by atoms with Gasteiger partial charge < -0.3 is 18.6 Å². The predicted molar refractivity (Wildman–Crippen MR) is 117 cm³/mol. The van der Waals surface area contributed by atoms with Crippen molar-refractivity contribution in [2.45, 2.75) is 6.92 Å². The van der Waals surface area contributed by atoms with Crippen molar-refractivity contribution in [2.75, 3.05) is 14.2 Å². The van der Waals surface area contributed by atoms with Crippen LogP contribution in [0, 0.1) is 6.92 Å². The van der Waals surface area contributed by atoms with Gasteiger partial charge in [-0.25, -0.2) is 9.59 Å². The number of benzene rings is 3. The second-order valence-corrected chi connectivity index (χ2v) is 6.97. The Morgan fingerprint density at radius 2 is 1.65 bits per heavy atom. The van der Waals surface area contributed by atoms with Crippen LogP contribution in [0.1, 0.15) is 15.9 Å². The Morgan fingerprint density at radius 3 is 2.39 bits per heavy atom. The third kappa shape index (κ3) is 4.14. The monoisotopic (exact) mass is 416 g/mol. The van der Waals surface area contributed by atoms with Gasteiger partial charge in [0.2, 0.25) is 0 Å². The first-order valence-corrected chi connectivity index (χ1v) is 9.57. The van der Waals surface area contributed by atoms with E-state index in [0.29, 0.717) is 39.2 Å². The van der Waals surface area contributed by atoms with Gasteiger partial charge in [-0.15, -0.1) is 0 Å². The molecule has 0 saturated carbocycles. The van der Waals surface area contributed by atoms with Crippen LogP contribution in [-0.4, -0.2) is 20.2 Å². The number of rotatable bonds is 5. The molecule has 0 aliphatic carbocycles. The second-order valence-electron chi connectivity index (χ2n) is 6.97. The molecule has 0 aliphatic heterocycles. The quantitative estimate of drug-likeness (QED) is 0.259. The van der Waals surface area contributed by atoms with Crippen LogP contribution in [0.5, 0.6) is 17.2 Å². The van der Waals surface area contributed by atoms with Crippen LogP contribution in [0.4, 0.5) is 0 Å². The molecule has 4 rings (SSSR count). The summed E-state index contributed by atoms with van der Waals surface area (Å²) in [6, 6.07) is 19.0. The first-order chi connectivity index (χ1) is 15.0. The second kappa shape index (κ2) is 8.36. The molecule has 156 valence electrons. The van der Waals surface area contributed by atoms with E-state index in [4.69, 9.17) is 18.6 Å². The number of methoxy groups -OCH3 is 2. The Kier molecular flexibility index (Phi) is 5.45. The van der Waals surface area contributed by atoms with Crippen molar-refractivity contribution in [3.63, 3.8) is 0 Å².